The van der Waals surface area contributed by atoms with Crippen LogP contribution in [-0.4, -0.2) is 17.6 Å². The van der Waals surface area contributed by atoms with Gasteiger partial charge >= 0.3 is 0 Å². The predicted molar refractivity (Wildman–Crippen MR) is 75.3 cm³/mol. The second kappa shape index (κ2) is 8.27. The molecule has 0 aliphatic rings. The normalized spacial score (nSPS) is 11.9. The molecule has 0 saturated carbocycles. The lowest BCUT2D eigenvalue weighted by Crippen LogP contribution is -2.31. The molecule has 1 N–H and O–H groups in total. The van der Waals surface area contributed by atoms with E-state index in [1.54, 1.807) is 11.3 Å². The maximum absolute atomic E-state index is 4.53. The Balaban J connectivity index is 2.45. The number of nitrogens with one attached hydrogen (secondary N) is 1. The van der Waals surface area contributed by atoms with Crippen LogP contribution in [0.5, 0.6) is 0 Å². The molecule has 0 radical (unpaired) electrons. The number of aromatic nitrogens is 1. The SMILES string of the molecule is CC#CCCC(Cc1csc(C)n1)NCCC. The van der Waals surface area contributed by atoms with E-state index in [0.29, 0.717) is 6.04 Å². The average Bonchev–Trinajstić information content (AvgIpc) is 2.72. The van der Waals surface area contributed by atoms with Crippen LogP contribution in [-0.2, 0) is 6.42 Å². The zero-order valence-electron chi connectivity index (χ0n) is 11.0. The Bertz CT molecular complexity index is 373. The van der Waals surface area contributed by atoms with Crippen LogP contribution in [0, 0.1) is 18.8 Å². The summed E-state index contributed by atoms with van der Waals surface area (Å²) in [7, 11) is 0. The Morgan fingerprint density at radius 1 is 1.53 bits per heavy atom. The molecule has 0 aliphatic heterocycles. The minimum Gasteiger partial charge on any atom is -0.314 e. The largest absolute Gasteiger partial charge is 0.314 e. The lowest BCUT2D eigenvalue weighted by molar-refractivity contribution is 0.480. The summed E-state index contributed by atoms with van der Waals surface area (Å²) >= 11 is 1.73. The van der Waals surface area contributed by atoms with Gasteiger partial charge in [-0.3, -0.25) is 0 Å². The Morgan fingerprint density at radius 3 is 2.94 bits per heavy atom. The van der Waals surface area contributed by atoms with Gasteiger partial charge in [-0.2, -0.15) is 0 Å². The Kier molecular flexibility index (Phi) is 6.91. The molecule has 0 spiro atoms. The number of hydrogen-bond donors (Lipinski definition) is 1. The second-order valence-corrected chi connectivity index (χ2v) is 5.24. The molecular weight excluding hydrogens is 228 g/mol. The predicted octanol–water partition coefficient (Wildman–Crippen LogP) is 3.17. The minimum absolute atomic E-state index is 0.511. The maximum Gasteiger partial charge on any atom is 0.0897 e. The average molecular weight is 250 g/mol. The first-order valence-electron chi connectivity index (χ1n) is 6.30. The van der Waals surface area contributed by atoms with E-state index in [-0.39, 0.29) is 0 Å². The van der Waals surface area contributed by atoms with Crippen molar-refractivity contribution in [1.82, 2.24) is 10.3 Å². The van der Waals surface area contributed by atoms with Gasteiger partial charge in [-0.25, -0.2) is 4.98 Å². The molecule has 94 valence electrons. The van der Waals surface area contributed by atoms with Crippen LogP contribution < -0.4 is 5.32 Å². The van der Waals surface area contributed by atoms with E-state index >= 15 is 0 Å². The van der Waals surface area contributed by atoms with Crippen LogP contribution in [0.2, 0.25) is 0 Å². The first-order valence-corrected chi connectivity index (χ1v) is 7.18. The van der Waals surface area contributed by atoms with Crippen molar-refractivity contribution in [2.45, 2.75) is 52.5 Å². The van der Waals surface area contributed by atoms with Gasteiger partial charge in [0.2, 0.25) is 0 Å². The first kappa shape index (κ1) is 14.2. The third-order valence-corrected chi connectivity index (χ3v) is 3.42. The summed E-state index contributed by atoms with van der Waals surface area (Å²) in [6, 6.07) is 0.511. The van der Waals surface area contributed by atoms with Gasteiger partial charge < -0.3 is 5.32 Å². The lowest BCUT2D eigenvalue weighted by Gasteiger charge is -2.16. The van der Waals surface area contributed by atoms with E-state index < -0.39 is 0 Å². The minimum atomic E-state index is 0.511. The monoisotopic (exact) mass is 250 g/mol. The van der Waals surface area contributed by atoms with E-state index in [1.807, 2.05) is 6.92 Å². The fourth-order valence-electron chi connectivity index (χ4n) is 1.75. The van der Waals surface area contributed by atoms with E-state index in [0.717, 1.165) is 30.8 Å². The summed E-state index contributed by atoms with van der Waals surface area (Å²) in [4.78, 5) is 4.53. The first-order chi connectivity index (χ1) is 8.26. The van der Waals surface area contributed by atoms with Gasteiger partial charge in [-0.05, 0) is 33.2 Å². The van der Waals surface area contributed by atoms with Crippen molar-refractivity contribution in [1.29, 1.82) is 0 Å². The van der Waals surface area contributed by atoms with Gasteiger partial charge in [0.1, 0.15) is 0 Å². The third kappa shape index (κ3) is 5.86. The van der Waals surface area contributed by atoms with Crippen LogP contribution >= 0.6 is 11.3 Å². The number of aryl methyl sites for hydroxylation is 1. The molecule has 0 aromatic carbocycles. The molecule has 0 bridgehead atoms. The van der Waals surface area contributed by atoms with Gasteiger partial charge in [0.05, 0.1) is 10.7 Å². The highest BCUT2D eigenvalue weighted by Gasteiger charge is 2.09. The van der Waals surface area contributed by atoms with E-state index in [9.17, 15) is 0 Å². The quantitative estimate of drug-likeness (QED) is 0.752. The highest BCUT2D eigenvalue weighted by atomic mass is 32.1. The van der Waals surface area contributed by atoms with Crippen molar-refractivity contribution in [2.24, 2.45) is 0 Å². The zero-order chi connectivity index (χ0) is 12.5. The fraction of sp³-hybridized carbons (Fsp3) is 0.643. The molecule has 0 amide bonds. The molecule has 2 nitrogen and oxygen atoms in total. The molecule has 1 aromatic heterocycles. The van der Waals surface area contributed by atoms with Crippen LogP contribution in [0.25, 0.3) is 0 Å². The topological polar surface area (TPSA) is 24.9 Å². The summed E-state index contributed by atoms with van der Waals surface area (Å²) in [6.07, 6.45) is 4.28. The van der Waals surface area contributed by atoms with Gasteiger partial charge in [-0.1, -0.05) is 6.92 Å². The Hall–Kier alpha value is -0.850. The molecule has 0 saturated heterocycles. The molecular formula is C14H22N2S. The Morgan fingerprint density at radius 2 is 2.35 bits per heavy atom. The van der Waals surface area contributed by atoms with Crippen molar-refractivity contribution >= 4 is 11.3 Å². The lowest BCUT2D eigenvalue weighted by atomic mass is 10.1. The van der Waals surface area contributed by atoms with Gasteiger partial charge in [0.15, 0.2) is 0 Å². The number of rotatable bonds is 7. The summed E-state index contributed by atoms with van der Waals surface area (Å²) < 4.78 is 0. The molecule has 3 heteroatoms. The fourth-order valence-corrected chi connectivity index (χ4v) is 2.38. The van der Waals surface area contributed by atoms with Gasteiger partial charge in [0.25, 0.3) is 0 Å². The van der Waals surface area contributed by atoms with Crippen LogP contribution in [0.4, 0.5) is 0 Å². The summed E-state index contributed by atoms with van der Waals surface area (Å²) in [6.45, 7) is 7.24. The molecule has 17 heavy (non-hydrogen) atoms. The molecule has 0 aliphatic carbocycles. The molecule has 1 unspecified atom stereocenters. The van der Waals surface area contributed by atoms with Gasteiger partial charge in [0, 0.05) is 24.3 Å². The van der Waals surface area contributed by atoms with Gasteiger partial charge in [-0.15, -0.1) is 23.2 Å². The van der Waals surface area contributed by atoms with Crippen molar-refractivity contribution in [3.05, 3.63) is 16.1 Å². The van der Waals surface area contributed by atoms with Crippen LogP contribution in [0.3, 0.4) is 0 Å². The van der Waals surface area contributed by atoms with E-state index in [1.165, 1.54) is 12.1 Å². The molecule has 1 aromatic rings. The van der Waals surface area contributed by atoms with E-state index in [4.69, 9.17) is 0 Å². The summed E-state index contributed by atoms with van der Waals surface area (Å²) in [5.41, 5.74) is 1.21. The number of nitrogens with zero attached hydrogens (tertiary/aromatic N) is 1. The smallest absolute Gasteiger partial charge is 0.0897 e. The third-order valence-electron chi connectivity index (χ3n) is 2.60. The van der Waals surface area contributed by atoms with Crippen molar-refractivity contribution < 1.29 is 0 Å². The molecule has 1 heterocycles. The van der Waals surface area contributed by atoms with Crippen LogP contribution in [0.15, 0.2) is 5.38 Å². The van der Waals surface area contributed by atoms with E-state index in [2.05, 4.69) is 41.4 Å². The maximum atomic E-state index is 4.53. The number of hydrogen-bond acceptors (Lipinski definition) is 3. The molecule has 0 fully saturated rings. The number of thiazole rings is 1. The summed E-state index contributed by atoms with van der Waals surface area (Å²) in [5, 5.41) is 6.91. The Labute approximate surface area is 109 Å². The highest BCUT2D eigenvalue weighted by Crippen LogP contribution is 2.12. The summed E-state index contributed by atoms with van der Waals surface area (Å²) in [5.74, 6) is 6.09. The van der Waals surface area contributed by atoms with Crippen molar-refractivity contribution in [2.75, 3.05) is 6.54 Å². The highest BCUT2D eigenvalue weighted by molar-refractivity contribution is 7.09. The zero-order valence-corrected chi connectivity index (χ0v) is 11.9. The van der Waals surface area contributed by atoms with Crippen molar-refractivity contribution in [3.63, 3.8) is 0 Å². The second-order valence-electron chi connectivity index (χ2n) is 4.18. The molecule has 1 atom stereocenters. The van der Waals surface area contributed by atoms with Crippen LogP contribution in [0.1, 0.15) is 43.8 Å². The standard InChI is InChI=1S/C14H22N2S/c1-4-6-7-8-13(15-9-5-2)10-14-11-17-12(3)16-14/h11,13,15H,5,7-10H2,1-3H3. The molecule has 1 rings (SSSR count). The van der Waals surface area contributed by atoms with Crippen molar-refractivity contribution in [3.8, 4) is 11.8 Å².